The molecule has 0 N–H and O–H groups in total. The smallest absolute Gasteiger partial charge is 0.356 e. The fraction of sp³-hybridized carbons (Fsp3) is 0.778. The maximum absolute atomic E-state index is 12.7. The number of hydrogen-bond acceptors (Lipinski definition) is 3. The molecule has 0 bridgehead atoms. The lowest BCUT2D eigenvalue weighted by Crippen LogP contribution is -2.47. The number of halogens is 6. The Labute approximate surface area is 103 Å². The van der Waals surface area contributed by atoms with Crippen molar-refractivity contribution in [3.63, 3.8) is 0 Å². The summed E-state index contributed by atoms with van der Waals surface area (Å²) in [6.45, 7) is -0.0105. The second-order valence-corrected chi connectivity index (χ2v) is 4.14. The van der Waals surface area contributed by atoms with Crippen molar-refractivity contribution >= 4 is 11.6 Å². The van der Waals surface area contributed by atoms with E-state index in [9.17, 15) is 31.1 Å². The number of hydrogen-bond donors (Lipinski definition) is 0. The van der Waals surface area contributed by atoms with Crippen LogP contribution in [0.2, 0.25) is 0 Å². The summed E-state index contributed by atoms with van der Waals surface area (Å²) >= 11 is 0. The van der Waals surface area contributed by atoms with Gasteiger partial charge in [0, 0.05) is 6.61 Å². The Morgan fingerprint density at radius 3 is 2.42 bits per heavy atom. The largest absolute Gasteiger partial charge is 0.473 e. The van der Waals surface area contributed by atoms with E-state index in [1.807, 2.05) is 0 Å². The van der Waals surface area contributed by atoms with Crippen LogP contribution in [0.15, 0.2) is 5.10 Å². The van der Waals surface area contributed by atoms with Crippen LogP contribution in [0.5, 0.6) is 0 Å². The van der Waals surface area contributed by atoms with Crippen molar-refractivity contribution < 1.29 is 35.9 Å². The summed E-state index contributed by atoms with van der Waals surface area (Å²) in [7, 11) is 0. The first-order valence-corrected chi connectivity index (χ1v) is 5.30. The summed E-state index contributed by atoms with van der Waals surface area (Å²) < 4.78 is 79.7. The van der Waals surface area contributed by atoms with Gasteiger partial charge in [0.25, 0.3) is 0 Å². The first kappa shape index (κ1) is 14.1. The molecule has 2 rings (SSSR count). The number of carbonyl (C=O) groups is 1. The second kappa shape index (κ2) is 4.36. The lowest BCUT2D eigenvalue weighted by molar-refractivity contribution is -0.200. The Balaban J connectivity index is 2.33. The zero-order valence-electron chi connectivity index (χ0n) is 9.25. The van der Waals surface area contributed by atoms with Gasteiger partial charge in [-0.05, 0) is 12.8 Å². The molecule has 2 heterocycles. The van der Waals surface area contributed by atoms with E-state index in [1.165, 1.54) is 0 Å². The van der Waals surface area contributed by atoms with Crippen LogP contribution in [-0.2, 0) is 9.53 Å². The zero-order chi connectivity index (χ0) is 14.4. The van der Waals surface area contributed by atoms with Crippen LogP contribution >= 0.6 is 0 Å². The molecule has 2 atom stereocenters. The lowest BCUT2D eigenvalue weighted by atomic mass is 9.94. The maximum Gasteiger partial charge on any atom is 0.473 e. The average Bonchev–Trinajstić information content (AvgIpc) is 2.65. The molecule has 19 heavy (non-hydrogen) atoms. The highest BCUT2D eigenvalue weighted by molar-refractivity contribution is 5.96. The molecule has 0 aromatic carbocycles. The summed E-state index contributed by atoms with van der Waals surface area (Å²) in [5.41, 5.74) is -1.39. The van der Waals surface area contributed by atoms with Gasteiger partial charge in [-0.15, -0.1) is 0 Å². The predicted molar refractivity (Wildman–Crippen MR) is 48.9 cm³/mol. The molecular formula is C9H8F6N2O2. The molecule has 1 fully saturated rings. The molecule has 0 aromatic rings. The molecule has 0 aromatic heterocycles. The minimum atomic E-state index is -5.30. The summed E-state index contributed by atoms with van der Waals surface area (Å²) in [5.74, 6) is -3.82. The quantitative estimate of drug-likeness (QED) is 0.641. The predicted octanol–water partition coefficient (Wildman–Crippen LogP) is 2.06. The van der Waals surface area contributed by atoms with Crippen molar-refractivity contribution in [2.24, 2.45) is 11.0 Å². The molecule has 0 aliphatic carbocycles. The number of fused-ring (bicyclic) bond motifs is 1. The molecular weight excluding hydrogens is 282 g/mol. The van der Waals surface area contributed by atoms with Crippen molar-refractivity contribution in [3.05, 3.63) is 0 Å². The molecule has 0 spiro atoms. The van der Waals surface area contributed by atoms with Crippen molar-refractivity contribution in [3.8, 4) is 0 Å². The monoisotopic (exact) mass is 290 g/mol. The molecule has 10 heteroatoms. The Morgan fingerprint density at radius 1 is 1.26 bits per heavy atom. The van der Waals surface area contributed by atoms with Crippen LogP contribution in [-0.4, -0.2) is 41.8 Å². The Morgan fingerprint density at radius 2 is 1.89 bits per heavy atom. The first-order valence-electron chi connectivity index (χ1n) is 5.30. The highest BCUT2D eigenvalue weighted by Gasteiger charge is 2.56. The van der Waals surface area contributed by atoms with Crippen LogP contribution in [0, 0.1) is 5.92 Å². The molecule has 2 aliphatic heterocycles. The van der Waals surface area contributed by atoms with E-state index in [0.29, 0.717) is 0 Å². The van der Waals surface area contributed by atoms with Gasteiger partial charge in [-0.1, -0.05) is 0 Å². The molecule has 1 saturated heterocycles. The third kappa shape index (κ3) is 2.53. The van der Waals surface area contributed by atoms with Crippen molar-refractivity contribution in [2.45, 2.75) is 31.4 Å². The van der Waals surface area contributed by atoms with Crippen LogP contribution in [0.1, 0.15) is 12.8 Å². The van der Waals surface area contributed by atoms with Gasteiger partial charge in [0.1, 0.15) is 5.71 Å². The fourth-order valence-corrected chi connectivity index (χ4v) is 2.08. The van der Waals surface area contributed by atoms with Gasteiger partial charge in [-0.2, -0.15) is 36.5 Å². The molecule has 0 radical (unpaired) electrons. The number of ether oxygens (including phenoxy) is 1. The maximum atomic E-state index is 12.7. The Bertz CT molecular complexity index is 416. The first-order chi connectivity index (χ1) is 8.62. The van der Waals surface area contributed by atoms with Crippen LogP contribution in [0.25, 0.3) is 0 Å². The molecule has 4 nitrogen and oxygen atoms in total. The standard InChI is InChI=1S/C9H8F6N2O2/c10-8(11,12)5-4-2-1-3-19-6(4)17(16-5)7(18)9(13,14)15/h4,6H,1-3H2. The number of alkyl halides is 6. The molecule has 2 unspecified atom stereocenters. The van der Waals surface area contributed by atoms with E-state index in [2.05, 4.69) is 5.10 Å². The number of amides is 1. The van der Waals surface area contributed by atoms with E-state index >= 15 is 0 Å². The third-order valence-electron chi connectivity index (χ3n) is 2.84. The van der Waals surface area contributed by atoms with Crippen LogP contribution in [0.3, 0.4) is 0 Å². The van der Waals surface area contributed by atoms with E-state index in [0.717, 1.165) is 0 Å². The number of nitrogens with zero attached hydrogens (tertiary/aromatic N) is 2. The second-order valence-electron chi connectivity index (χ2n) is 4.14. The van der Waals surface area contributed by atoms with E-state index in [-0.39, 0.29) is 24.5 Å². The molecule has 1 amide bonds. The summed E-state index contributed by atoms with van der Waals surface area (Å²) in [6.07, 6.45) is -11.6. The van der Waals surface area contributed by atoms with E-state index < -0.39 is 36.1 Å². The number of hydrazone groups is 1. The van der Waals surface area contributed by atoms with Gasteiger partial charge < -0.3 is 4.74 Å². The normalized spacial score (nSPS) is 28.1. The minimum Gasteiger partial charge on any atom is -0.356 e. The van der Waals surface area contributed by atoms with E-state index in [1.54, 1.807) is 0 Å². The minimum absolute atomic E-state index is 0.0105. The van der Waals surface area contributed by atoms with Crippen LogP contribution < -0.4 is 0 Å². The summed E-state index contributed by atoms with van der Waals surface area (Å²) in [6, 6.07) is 0. The van der Waals surface area contributed by atoms with E-state index in [4.69, 9.17) is 4.74 Å². The SMILES string of the molecule is O=C(N1N=C(C(F)(F)F)C2CCCOC21)C(F)(F)F. The van der Waals surface area contributed by atoms with Gasteiger partial charge in [0.05, 0.1) is 5.92 Å². The summed E-state index contributed by atoms with van der Waals surface area (Å²) in [5, 5.41) is 2.56. The number of carbonyl (C=O) groups excluding carboxylic acids is 1. The van der Waals surface area contributed by atoms with Gasteiger partial charge in [-0.25, -0.2) is 0 Å². The zero-order valence-corrected chi connectivity index (χ0v) is 9.25. The lowest BCUT2D eigenvalue weighted by Gasteiger charge is -2.30. The van der Waals surface area contributed by atoms with Gasteiger partial charge in [0.2, 0.25) is 0 Å². The fourth-order valence-electron chi connectivity index (χ4n) is 2.08. The molecule has 0 saturated carbocycles. The topological polar surface area (TPSA) is 41.9 Å². The summed E-state index contributed by atoms with van der Waals surface area (Å²) in [4.78, 5) is 11.0. The highest BCUT2D eigenvalue weighted by Crippen LogP contribution is 2.39. The van der Waals surface area contributed by atoms with Crippen molar-refractivity contribution in [1.29, 1.82) is 0 Å². The van der Waals surface area contributed by atoms with Gasteiger partial charge in [0.15, 0.2) is 6.23 Å². The molecule has 108 valence electrons. The Kier molecular flexibility index (Phi) is 3.23. The van der Waals surface area contributed by atoms with Gasteiger partial charge in [-0.3, -0.25) is 4.79 Å². The molecule has 2 aliphatic rings. The average molecular weight is 290 g/mol. The third-order valence-corrected chi connectivity index (χ3v) is 2.84. The van der Waals surface area contributed by atoms with Crippen LogP contribution in [0.4, 0.5) is 26.3 Å². The number of rotatable bonds is 0. The highest BCUT2D eigenvalue weighted by atomic mass is 19.4. The van der Waals surface area contributed by atoms with Crippen molar-refractivity contribution in [2.75, 3.05) is 6.61 Å². The Hall–Kier alpha value is -1.32. The van der Waals surface area contributed by atoms with Gasteiger partial charge >= 0.3 is 18.3 Å². The van der Waals surface area contributed by atoms with Crippen molar-refractivity contribution in [1.82, 2.24) is 5.01 Å².